The summed E-state index contributed by atoms with van der Waals surface area (Å²) in [5.74, 6) is 1.88. The Morgan fingerprint density at radius 2 is 2.00 bits per heavy atom. The third-order valence-corrected chi connectivity index (χ3v) is 3.74. The van der Waals surface area contributed by atoms with Crippen molar-refractivity contribution >= 4 is 17.3 Å². The molecule has 2 nitrogen and oxygen atoms in total. The molecule has 2 aliphatic rings. The van der Waals surface area contributed by atoms with E-state index in [4.69, 9.17) is 12.2 Å². The van der Waals surface area contributed by atoms with Crippen LogP contribution in [-0.2, 0) is 0 Å². The van der Waals surface area contributed by atoms with Crippen molar-refractivity contribution in [3.8, 4) is 0 Å². The molecule has 13 heavy (non-hydrogen) atoms. The summed E-state index contributed by atoms with van der Waals surface area (Å²) >= 11 is 5.31. The van der Waals surface area contributed by atoms with Crippen molar-refractivity contribution in [2.45, 2.75) is 26.2 Å². The van der Waals surface area contributed by atoms with Gasteiger partial charge in [0.25, 0.3) is 0 Å². The Kier molecular flexibility index (Phi) is 2.72. The van der Waals surface area contributed by atoms with Gasteiger partial charge in [0.2, 0.25) is 0 Å². The molecule has 0 radical (unpaired) electrons. The fourth-order valence-electron chi connectivity index (χ4n) is 2.66. The highest BCUT2D eigenvalue weighted by Crippen LogP contribution is 2.37. The fraction of sp³-hybridized carbons (Fsp3) is 0.900. The van der Waals surface area contributed by atoms with Gasteiger partial charge in [-0.05, 0) is 43.8 Å². The lowest BCUT2D eigenvalue weighted by atomic mass is 10.0. The van der Waals surface area contributed by atoms with Gasteiger partial charge in [-0.1, -0.05) is 6.42 Å². The lowest BCUT2D eigenvalue weighted by molar-refractivity contribution is 0.457. The summed E-state index contributed by atoms with van der Waals surface area (Å²) in [5.41, 5.74) is 0. The first kappa shape index (κ1) is 9.25. The fourth-order valence-corrected chi connectivity index (χ4v) is 2.96. The third kappa shape index (κ3) is 1.80. The van der Waals surface area contributed by atoms with Crippen molar-refractivity contribution in [1.29, 1.82) is 0 Å². The average molecular weight is 198 g/mol. The smallest absolute Gasteiger partial charge is 0.168 e. The van der Waals surface area contributed by atoms with E-state index in [1.54, 1.807) is 0 Å². The summed E-state index contributed by atoms with van der Waals surface area (Å²) in [6, 6.07) is 0. The van der Waals surface area contributed by atoms with Crippen LogP contribution in [0.1, 0.15) is 26.2 Å². The maximum Gasteiger partial charge on any atom is 0.168 e. The topological polar surface area (TPSA) is 15.3 Å². The van der Waals surface area contributed by atoms with Crippen molar-refractivity contribution in [1.82, 2.24) is 10.2 Å². The van der Waals surface area contributed by atoms with Crippen LogP contribution in [0.3, 0.4) is 0 Å². The Hall–Kier alpha value is -0.310. The largest absolute Gasteiger partial charge is 0.363 e. The number of nitrogens with one attached hydrogen (secondary N) is 1. The summed E-state index contributed by atoms with van der Waals surface area (Å²) in [5, 5.41) is 4.20. The maximum atomic E-state index is 5.31. The molecular weight excluding hydrogens is 180 g/mol. The van der Waals surface area contributed by atoms with E-state index in [9.17, 15) is 0 Å². The van der Waals surface area contributed by atoms with Gasteiger partial charge in [0.05, 0.1) is 0 Å². The molecule has 0 aromatic carbocycles. The molecule has 2 unspecified atom stereocenters. The Morgan fingerprint density at radius 3 is 2.54 bits per heavy atom. The van der Waals surface area contributed by atoms with Crippen LogP contribution < -0.4 is 5.32 Å². The van der Waals surface area contributed by atoms with Crippen molar-refractivity contribution in [2.24, 2.45) is 11.8 Å². The summed E-state index contributed by atoms with van der Waals surface area (Å²) in [6.07, 6.45) is 4.29. The summed E-state index contributed by atoms with van der Waals surface area (Å²) in [4.78, 5) is 2.35. The van der Waals surface area contributed by atoms with Gasteiger partial charge >= 0.3 is 0 Å². The van der Waals surface area contributed by atoms with Gasteiger partial charge in [0.15, 0.2) is 5.11 Å². The maximum absolute atomic E-state index is 5.31. The lowest BCUT2D eigenvalue weighted by Gasteiger charge is -2.20. The van der Waals surface area contributed by atoms with Crippen molar-refractivity contribution in [3.05, 3.63) is 0 Å². The Bertz CT molecular complexity index is 193. The highest BCUT2D eigenvalue weighted by atomic mass is 32.1. The number of fused-ring (bicyclic) bond motifs is 1. The van der Waals surface area contributed by atoms with E-state index in [1.165, 1.54) is 32.4 Å². The molecule has 1 N–H and O–H groups in total. The summed E-state index contributed by atoms with van der Waals surface area (Å²) in [7, 11) is 0. The van der Waals surface area contributed by atoms with Gasteiger partial charge in [-0.3, -0.25) is 0 Å². The normalized spacial score (nSPS) is 31.9. The molecule has 1 saturated carbocycles. The summed E-state index contributed by atoms with van der Waals surface area (Å²) < 4.78 is 0. The predicted octanol–water partition coefficient (Wildman–Crippen LogP) is 1.61. The molecule has 2 atom stereocenters. The summed E-state index contributed by atoms with van der Waals surface area (Å²) in [6.45, 7) is 5.46. The molecule has 0 aromatic rings. The van der Waals surface area contributed by atoms with Crippen LogP contribution in [0.25, 0.3) is 0 Å². The number of thiocarbonyl (C=S) groups is 1. The molecule has 0 bridgehead atoms. The third-order valence-electron chi connectivity index (χ3n) is 3.34. The molecule has 0 spiro atoms. The molecule has 3 heteroatoms. The van der Waals surface area contributed by atoms with Gasteiger partial charge in [0.1, 0.15) is 0 Å². The number of likely N-dealkylation sites (tertiary alicyclic amines) is 1. The number of rotatable bonds is 1. The number of nitrogens with zero attached hydrogens (tertiary/aromatic N) is 1. The van der Waals surface area contributed by atoms with Gasteiger partial charge in [-0.25, -0.2) is 0 Å². The molecule has 1 aliphatic carbocycles. The number of hydrogen-bond acceptors (Lipinski definition) is 1. The van der Waals surface area contributed by atoms with E-state index in [0.717, 1.165) is 23.5 Å². The van der Waals surface area contributed by atoms with Crippen LogP contribution in [0.5, 0.6) is 0 Å². The Morgan fingerprint density at radius 1 is 1.38 bits per heavy atom. The Labute approximate surface area is 85.7 Å². The minimum atomic E-state index is 0.941. The first-order chi connectivity index (χ1) is 6.31. The molecular formula is C10H18N2S. The first-order valence-corrected chi connectivity index (χ1v) is 5.75. The molecule has 0 amide bonds. The average Bonchev–Trinajstić information content (AvgIpc) is 2.61. The van der Waals surface area contributed by atoms with Crippen LogP contribution in [0, 0.1) is 11.8 Å². The monoisotopic (exact) mass is 198 g/mol. The lowest BCUT2D eigenvalue weighted by Crippen LogP contribution is -2.38. The van der Waals surface area contributed by atoms with Crippen molar-refractivity contribution < 1.29 is 0 Å². The van der Waals surface area contributed by atoms with Gasteiger partial charge in [0, 0.05) is 19.6 Å². The van der Waals surface area contributed by atoms with Crippen molar-refractivity contribution in [3.63, 3.8) is 0 Å². The molecule has 2 rings (SSSR count). The first-order valence-electron chi connectivity index (χ1n) is 5.34. The van der Waals surface area contributed by atoms with E-state index in [2.05, 4.69) is 17.1 Å². The van der Waals surface area contributed by atoms with Gasteiger partial charge < -0.3 is 10.2 Å². The highest BCUT2D eigenvalue weighted by molar-refractivity contribution is 7.80. The van der Waals surface area contributed by atoms with Gasteiger partial charge in [-0.15, -0.1) is 0 Å². The zero-order valence-corrected chi connectivity index (χ0v) is 9.07. The molecule has 1 saturated heterocycles. The minimum absolute atomic E-state index is 0.941. The standard InChI is InChI=1S/C10H18N2S/c1-2-11-10(13)12-6-8-4-3-5-9(8)7-12/h8-9H,2-7H2,1H3,(H,11,13). The molecule has 2 fully saturated rings. The predicted molar refractivity (Wildman–Crippen MR) is 58.7 cm³/mol. The molecule has 1 heterocycles. The van der Waals surface area contributed by atoms with E-state index in [-0.39, 0.29) is 0 Å². The zero-order chi connectivity index (χ0) is 9.26. The van der Waals surface area contributed by atoms with Crippen LogP contribution in [0.4, 0.5) is 0 Å². The molecule has 0 aromatic heterocycles. The highest BCUT2D eigenvalue weighted by Gasteiger charge is 2.36. The van der Waals surface area contributed by atoms with E-state index >= 15 is 0 Å². The van der Waals surface area contributed by atoms with Crippen LogP contribution in [-0.4, -0.2) is 29.6 Å². The Balaban J connectivity index is 1.87. The van der Waals surface area contributed by atoms with E-state index in [1.807, 2.05) is 0 Å². The molecule has 1 aliphatic heterocycles. The van der Waals surface area contributed by atoms with Crippen LogP contribution >= 0.6 is 12.2 Å². The quantitative estimate of drug-likeness (QED) is 0.645. The second kappa shape index (κ2) is 3.82. The minimum Gasteiger partial charge on any atom is -0.363 e. The molecule has 74 valence electrons. The SMILES string of the molecule is CCNC(=S)N1CC2CCCC2C1. The van der Waals surface area contributed by atoms with E-state index in [0.29, 0.717) is 0 Å². The second-order valence-corrected chi connectivity index (χ2v) is 4.58. The van der Waals surface area contributed by atoms with Crippen LogP contribution in [0.2, 0.25) is 0 Å². The van der Waals surface area contributed by atoms with Gasteiger partial charge in [-0.2, -0.15) is 0 Å². The second-order valence-electron chi connectivity index (χ2n) is 4.19. The van der Waals surface area contributed by atoms with Crippen LogP contribution in [0.15, 0.2) is 0 Å². The van der Waals surface area contributed by atoms with Crippen molar-refractivity contribution in [2.75, 3.05) is 19.6 Å². The van der Waals surface area contributed by atoms with E-state index < -0.39 is 0 Å². The zero-order valence-electron chi connectivity index (χ0n) is 8.25. The number of hydrogen-bond donors (Lipinski definition) is 1.